The van der Waals surface area contributed by atoms with E-state index in [4.69, 9.17) is 5.73 Å². The molecule has 0 aromatic heterocycles. The fraction of sp³-hybridized carbons (Fsp3) is 0.316. The Kier molecular flexibility index (Phi) is 4.90. The van der Waals surface area contributed by atoms with E-state index >= 15 is 0 Å². The summed E-state index contributed by atoms with van der Waals surface area (Å²) in [6.45, 7) is 2.21. The van der Waals surface area contributed by atoms with Crippen molar-refractivity contribution in [3.05, 3.63) is 48.3 Å². The molecule has 1 heterocycles. The van der Waals surface area contributed by atoms with Gasteiger partial charge in [-0.15, -0.1) is 0 Å². The summed E-state index contributed by atoms with van der Waals surface area (Å²) < 4.78 is 13.9. The van der Waals surface area contributed by atoms with E-state index in [0.29, 0.717) is 29.0 Å². The number of likely N-dealkylation sites (tertiary alicyclic amines) is 1. The summed E-state index contributed by atoms with van der Waals surface area (Å²) in [5, 5.41) is 9.74. The minimum atomic E-state index is -1.04. The highest BCUT2D eigenvalue weighted by Gasteiger charge is 2.27. The van der Waals surface area contributed by atoms with Gasteiger partial charge in [0.15, 0.2) is 0 Å². The summed E-state index contributed by atoms with van der Waals surface area (Å²) >= 11 is 0. The van der Waals surface area contributed by atoms with Gasteiger partial charge in [0.1, 0.15) is 5.82 Å². The molecule has 1 saturated heterocycles. The van der Waals surface area contributed by atoms with Crippen molar-refractivity contribution in [2.75, 3.05) is 37.3 Å². The molecule has 0 spiro atoms. The normalized spacial score (nSPS) is 17.6. The quantitative estimate of drug-likeness (QED) is 0.834. The molecule has 6 heteroatoms. The number of hydrogen-bond donors (Lipinski definition) is 2. The van der Waals surface area contributed by atoms with Crippen LogP contribution in [0.3, 0.4) is 0 Å². The van der Waals surface area contributed by atoms with Gasteiger partial charge in [0.25, 0.3) is 0 Å². The molecule has 2 aromatic carbocycles. The molecule has 3 rings (SSSR count). The third-order valence-corrected chi connectivity index (χ3v) is 4.61. The molecule has 3 N–H and O–H groups in total. The van der Waals surface area contributed by atoms with Gasteiger partial charge >= 0.3 is 6.09 Å². The fourth-order valence-electron chi connectivity index (χ4n) is 3.39. The number of nitrogens with two attached hydrogens (primary N) is 1. The van der Waals surface area contributed by atoms with Gasteiger partial charge in [0.2, 0.25) is 0 Å². The van der Waals surface area contributed by atoms with Gasteiger partial charge in [0.05, 0.1) is 5.69 Å². The van der Waals surface area contributed by atoms with E-state index in [0.717, 1.165) is 19.5 Å². The molecule has 132 valence electrons. The zero-order valence-electron chi connectivity index (χ0n) is 14.2. The van der Waals surface area contributed by atoms with Crippen molar-refractivity contribution in [1.82, 2.24) is 4.90 Å². The van der Waals surface area contributed by atoms with Crippen LogP contribution in [0.4, 0.5) is 20.6 Å². The van der Waals surface area contributed by atoms with Gasteiger partial charge in [-0.3, -0.25) is 4.90 Å². The molecule has 1 aliphatic heterocycles. The smallest absolute Gasteiger partial charge is 0.411 e. The van der Waals surface area contributed by atoms with Crippen LogP contribution in [0.1, 0.15) is 6.42 Å². The summed E-state index contributed by atoms with van der Waals surface area (Å²) in [6, 6.07) is 11.2. The summed E-state index contributed by atoms with van der Waals surface area (Å²) in [6.07, 6.45) is -0.0824. The summed E-state index contributed by atoms with van der Waals surface area (Å²) in [5.41, 5.74) is 8.09. The molecular formula is C19H22FN3O2. The monoisotopic (exact) mass is 343 g/mol. The van der Waals surface area contributed by atoms with Crippen LogP contribution in [-0.2, 0) is 0 Å². The Balaban J connectivity index is 2.00. The van der Waals surface area contributed by atoms with Crippen molar-refractivity contribution in [3.63, 3.8) is 0 Å². The lowest BCUT2D eigenvalue weighted by atomic mass is 10.0. The van der Waals surface area contributed by atoms with E-state index in [9.17, 15) is 14.3 Å². The summed E-state index contributed by atoms with van der Waals surface area (Å²) in [4.78, 5) is 15.4. The molecule has 0 radical (unpaired) electrons. The highest BCUT2D eigenvalue weighted by molar-refractivity contribution is 5.93. The second-order valence-corrected chi connectivity index (χ2v) is 6.60. The molecule has 1 aliphatic rings. The number of carbonyl (C=O) groups is 1. The molecule has 0 bridgehead atoms. The van der Waals surface area contributed by atoms with E-state index in [1.807, 2.05) is 7.05 Å². The topological polar surface area (TPSA) is 69.8 Å². The predicted molar refractivity (Wildman–Crippen MR) is 97.2 cm³/mol. The average molecular weight is 343 g/mol. The van der Waals surface area contributed by atoms with Gasteiger partial charge in [-0.25, -0.2) is 9.18 Å². The predicted octanol–water partition coefficient (Wildman–Crippen LogP) is 3.51. The van der Waals surface area contributed by atoms with Gasteiger partial charge in [-0.1, -0.05) is 12.1 Å². The average Bonchev–Trinajstić information content (AvgIpc) is 2.98. The third-order valence-electron chi connectivity index (χ3n) is 4.61. The van der Waals surface area contributed by atoms with E-state index in [-0.39, 0.29) is 5.92 Å². The van der Waals surface area contributed by atoms with Crippen molar-refractivity contribution in [2.45, 2.75) is 6.42 Å². The largest absolute Gasteiger partial charge is 0.465 e. The molecule has 2 aromatic rings. The maximum atomic E-state index is 13.9. The zero-order valence-corrected chi connectivity index (χ0v) is 14.2. The van der Waals surface area contributed by atoms with Crippen LogP contribution in [-0.4, -0.2) is 42.8 Å². The number of benzene rings is 2. The summed E-state index contributed by atoms with van der Waals surface area (Å²) in [5.74, 6) is -0.146. The zero-order chi connectivity index (χ0) is 18.0. The molecule has 25 heavy (non-hydrogen) atoms. The Morgan fingerprint density at radius 2 is 2.16 bits per heavy atom. The molecule has 0 aliphatic carbocycles. The van der Waals surface area contributed by atoms with E-state index in [1.165, 1.54) is 23.1 Å². The lowest BCUT2D eigenvalue weighted by Gasteiger charge is -2.25. The van der Waals surface area contributed by atoms with Crippen molar-refractivity contribution in [2.24, 2.45) is 5.92 Å². The van der Waals surface area contributed by atoms with Crippen molar-refractivity contribution in [3.8, 4) is 11.1 Å². The summed E-state index contributed by atoms with van der Waals surface area (Å²) in [7, 11) is 2.03. The van der Waals surface area contributed by atoms with Gasteiger partial charge in [0, 0.05) is 24.3 Å². The second-order valence-electron chi connectivity index (χ2n) is 6.60. The van der Waals surface area contributed by atoms with Crippen molar-refractivity contribution < 1.29 is 14.3 Å². The Morgan fingerprint density at radius 1 is 1.36 bits per heavy atom. The SMILES string of the molecule is CN1CCC(CN(C(=O)O)c2ccc(F)cc2-c2cccc(N)c2)C1. The number of hydrogen-bond acceptors (Lipinski definition) is 3. The molecule has 1 unspecified atom stereocenters. The first-order valence-corrected chi connectivity index (χ1v) is 8.28. The Bertz CT molecular complexity index is 781. The van der Waals surface area contributed by atoms with Crippen LogP contribution < -0.4 is 10.6 Å². The Labute approximate surface area is 146 Å². The fourth-order valence-corrected chi connectivity index (χ4v) is 3.39. The van der Waals surface area contributed by atoms with Gasteiger partial charge in [-0.2, -0.15) is 0 Å². The maximum absolute atomic E-state index is 13.9. The maximum Gasteiger partial charge on any atom is 0.411 e. The highest BCUT2D eigenvalue weighted by Crippen LogP contribution is 2.34. The van der Waals surface area contributed by atoms with E-state index < -0.39 is 11.9 Å². The van der Waals surface area contributed by atoms with Crippen LogP contribution >= 0.6 is 0 Å². The lowest BCUT2D eigenvalue weighted by molar-refractivity contribution is 0.200. The minimum absolute atomic E-state index is 0.264. The number of anilines is 2. The molecule has 1 atom stereocenters. The molecular weight excluding hydrogens is 321 g/mol. The molecule has 1 fully saturated rings. The van der Waals surface area contributed by atoms with Crippen LogP contribution in [0.2, 0.25) is 0 Å². The van der Waals surface area contributed by atoms with Crippen LogP contribution in [0.25, 0.3) is 11.1 Å². The number of nitrogen functional groups attached to an aromatic ring is 1. The lowest BCUT2D eigenvalue weighted by Crippen LogP contribution is -2.35. The van der Waals surface area contributed by atoms with Gasteiger partial charge < -0.3 is 15.7 Å². The van der Waals surface area contributed by atoms with Crippen molar-refractivity contribution >= 4 is 17.5 Å². The molecule has 1 amide bonds. The third kappa shape index (κ3) is 3.91. The van der Waals surface area contributed by atoms with Gasteiger partial charge in [-0.05, 0) is 61.8 Å². The minimum Gasteiger partial charge on any atom is -0.465 e. The number of rotatable bonds is 4. The Morgan fingerprint density at radius 3 is 2.80 bits per heavy atom. The van der Waals surface area contributed by atoms with E-state index in [1.54, 1.807) is 24.3 Å². The number of amides is 1. The number of halogens is 1. The van der Waals surface area contributed by atoms with Crippen LogP contribution in [0.15, 0.2) is 42.5 Å². The number of carboxylic acid groups (broad SMARTS) is 1. The van der Waals surface area contributed by atoms with Crippen LogP contribution in [0.5, 0.6) is 0 Å². The number of nitrogens with zero attached hydrogens (tertiary/aromatic N) is 2. The first-order valence-electron chi connectivity index (χ1n) is 8.28. The first kappa shape index (κ1) is 17.2. The Hall–Kier alpha value is -2.60. The first-order chi connectivity index (χ1) is 11.9. The molecule has 5 nitrogen and oxygen atoms in total. The van der Waals surface area contributed by atoms with Crippen molar-refractivity contribution in [1.29, 1.82) is 0 Å². The highest BCUT2D eigenvalue weighted by atomic mass is 19.1. The van der Waals surface area contributed by atoms with Crippen LogP contribution in [0, 0.1) is 11.7 Å². The standard InChI is InChI=1S/C19H22FN3O2/c1-22-8-7-13(11-22)12-23(19(24)25)18-6-5-15(20)10-17(18)14-3-2-4-16(21)9-14/h2-6,9-10,13H,7-8,11-12,21H2,1H3,(H,24,25). The molecule has 0 saturated carbocycles. The second kappa shape index (κ2) is 7.11. The van der Waals surface area contributed by atoms with E-state index in [2.05, 4.69) is 4.90 Å².